The average molecular weight is 694 g/mol. The Morgan fingerprint density at radius 1 is 0.941 bits per heavy atom. The van der Waals surface area contributed by atoms with E-state index in [0.29, 0.717) is 48.7 Å². The summed E-state index contributed by atoms with van der Waals surface area (Å²) in [6.07, 6.45) is 8.19. The highest BCUT2D eigenvalue weighted by molar-refractivity contribution is 5.95. The predicted octanol–water partition coefficient (Wildman–Crippen LogP) is 3.67. The van der Waals surface area contributed by atoms with E-state index in [2.05, 4.69) is 16.4 Å². The third-order valence-corrected chi connectivity index (χ3v) is 11.5. The summed E-state index contributed by atoms with van der Waals surface area (Å²) in [5.41, 5.74) is 3.84. The number of aromatic nitrogens is 2. The molecule has 2 saturated carbocycles. The minimum absolute atomic E-state index is 0.0423. The standard InChI is InChI=1S/C39H47N7O5/c1-43(2)35(48)26-12-14-31-24(18-26)10-11-25-19-27(36(49)44(3)4)13-15-32(25)39(31,37-42-38(50)51-46(37)29-8-6-5-7-9-29)16-17-41-23-34(47)45-30(22-40)20-28-21-33(28)45/h12-15,18-19,28-30,33,41H,5-11,16-17,20-21,23H2,1-4H3/t28-,30?,33+/m1/s1. The van der Waals surface area contributed by atoms with Gasteiger partial charge in [0.15, 0.2) is 5.82 Å². The van der Waals surface area contributed by atoms with Crippen LogP contribution in [0.4, 0.5) is 0 Å². The number of nitrogens with zero attached hydrogens (tertiary/aromatic N) is 6. The lowest BCUT2D eigenvalue weighted by Crippen LogP contribution is -2.44. The van der Waals surface area contributed by atoms with E-state index in [4.69, 9.17) is 4.52 Å². The van der Waals surface area contributed by atoms with Crippen LogP contribution in [0.5, 0.6) is 0 Å². The Bertz CT molecular complexity index is 1880. The van der Waals surface area contributed by atoms with Crippen LogP contribution in [0.1, 0.15) is 106 Å². The van der Waals surface area contributed by atoms with E-state index >= 15 is 0 Å². The van der Waals surface area contributed by atoms with Gasteiger partial charge in [0.1, 0.15) is 6.04 Å². The van der Waals surface area contributed by atoms with Gasteiger partial charge in [-0.15, -0.1) is 0 Å². The fourth-order valence-electron chi connectivity index (χ4n) is 8.88. The van der Waals surface area contributed by atoms with Gasteiger partial charge in [0.25, 0.3) is 11.8 Å². The summed E-state index contributed by atoms with van der Waals surface area (Å²) in [6.45, 7) is 0.463. The number of nitriles is 1. The monoisotopic (exact) mass is 693 g/mol. The van der Waals surface area contributed by atoms with Crippen LogP contribution in [0, 0.1) is 17.2 Å². The molecule has 3 aliphatic carbocycles. The number of likely N-dealkylation sites (tertiary alicyclic amines) is 1. The van der Waals surface area contributed by atoms with Gasteiger partial charge in [-0.3, -0.25) is 14.4 Å². The third kappa shape index (κ3) is 6.26. The Morgan fingerprint density at radius 2 is 1.55 bits per heavy atom. The van der Waals surface area contributed by atoms with Crippen LogP contribution in [0.3, 0.4) is 0 Å². The second-order valence-electron chi connectivity index (χ2n) is 15.1. The first-order chi connectivity index (χ1) is 24.5. The molecule has 0 bridgehead atoms. The number of nitrogens with one attached hydrogen (secondary N) is 1. The number of hydrogen-bond donors (Lipinski definition) is 1. The molecule has 1 aliphatic heterocycles. The molecule has 7 rings (SSSR count). The zero-order chi connectivity index (χ0) is 36.0. The average Bonchev–Trinajstić information content (AvgIpc) is 3.66. The van der Waals surface area contributed by atoms with Crippen LogP contribution < -0.4 is 11.1 Å². The molecule has 2 aromatic carbocycles. The van der Waals surface area contributed by atoms with Gasteiger partial charge in [-0.05, 0) is 104 Å². The van der Waals surface area contributed by atoms with Gasteiger partial charge in [-0.1, -0.05) is 31.4 Å². The van der Waals surface area contributed by atoms with Gasteiger partial charge < -0.3 is 24.5 Å². The van der Waals surface area contributed by atoms with Crippen molar-refractivity contribution in [1.29, 1.82) is 5.26 Å². The highest BCUT2D eigenvalue weighted by Crippen LogP contribution is 2.49. The van der Waals surface area contributed by atoms with E-state index in [0.717, 1.165) is 67.2 Å². The maximum absolute atomic E-state index is 13.4. The van der Waals surface area contributed by atoms with Crippen LogP contribution in [0.25, 0.3) is 0 Å². The minimum Gasteiger partial charge on any atom is -0.345 e. The molecule has 3 aromatic rings. The fraction of sp³-hybridized carbons (Fsp3) is 0.538. The molecule has 0 radical (unpaired) electrons. The Hall–Kier alpha value is -4.76. The third-order valence-electron chi connectivity index (χ3n) is 11.5. The first kappa shape index (κ1) is 34.7. The lowest BCUT2D eigenvalue weighted by molar-refractivity contribution is -0.131. The molecule has 0 spiro atoms. The zero-order valence-corrected chi connectivity index (χ0v) is 30.0. The van der Waals surface area contributed by atoms with Crippen molar-refractivity contribution in [3.63, 3.8) is 0 Å². The molecule has 4 aliphatic rings. The summed E-state index contributed by atoms with van der Waals surface area (Å²) in [5.74, 6) is -0.0416. The van der Waals surface area contributed by atoms with E-state index in [1.165, 1.54) is 0 Å². The first-order valence-corrected chi connectivity index (χ1v) is 18.3. The summed E-state index contributed by atoms with van der Waals surface area (Å²) in [7, 11) is 6.92. The maximum atomic E-state index is 13.4. The molecule has 12 heteroatoms. The molecular formula is C39H47N7O5. The molecule has 1 unspecified atom stereocenters. The van der Waals surface area contributed by atoms with E-state index in [-0.39, 0.29) is 42.4 Å². The van der Waals surface area contributed by atoms with Crippen molar-refractivity contribution < 1.29 is 18.9 Å². The van der Waals surface area contributed by atoms with E-state index in [9.17, 15) is 24.4 Å². The topological polar surface area (TPSA) is 145 Å². The second-order valence-corrected chi connectivity index (χ2v) is 15.1. The lowest BCUT2D eigenvalue weighted by Gasteiger charge is -2.37. The predicted molar refractivity (Wildman–Crippen MR) is 189 cm³/mol. The Labute approximate surface area is 298 Å². The van der Waals surface area contributed by atoms with E-state index < -0.39 is 11.2 Å². The van der Waals surface area contributed by atoms with Crippen molar-refractivity contribution in [3.8, 4) is 6.07 Å². The number of piperidine rings is 1. The highest BCUT2D eigenvalue weighted by atomic mass is 16.5. The molecule has 3 amide bonds. The van der Waals surface area contributed by atoms with Gasteiger partial charge in [0, 0.05) is 45.4 Å². The molecule has 1 aromatic heterocycles. The van der Waals surface area contributed by atoms with Gasteiger partial charge >= 0.3 is 5.76 Å². The highest BCUT2D eigenvalue weighted by Gasteiger charge is 2.54. The Morgan fingerprint density at radius 3 is 2.12 bits per heavy atom. The van der Waals surface area contributed by atoms with Gasteiger partial charge in [-0.2, -0.15) is 15.0 Å². The van der Waals surface area contributed by atoms with Crippen molar-refractivity contribution >= 4 is 17.7 Å². The van der Waals surface area contributed by atoms with Gasteiger partial charge in [0.2, 0.25) is 5.91 Å². The smallest absolute Gasteiger partial charge is 0.345 e. The molecule has 12 nitrogen and oxygen atoms in total. The van der Waals surface area contributed by atoms with E-state index in [1.54, 1.807) is 47.6 Å². The molecule has 3 atom stereocenters. The first-order valence-electron chi connectivity index (χ1n) is 18.3. The van der Waals surface area contributed by atoms with Crippen LogP contribution in [-0.2, 0) is 23.1 Å². The van der Waals surface area contributed by atoms with Crippen LogP contribution in [0.2, 0.25) is 0 Å². The number of carbonyl (C=O) groups is 3. The van der Waals surface area contributed by atoms with Gasteiger partial charge in [0.05, 0.1) is 24.1 Å². The van der Waals surface area contributed by atoms with Gasteiger partial charge in [-0.25, -0.2) is 4.79 Å². The number of rotatable bonds is 9. The summed E-state index contributed by atoms with van der Waals surface area (Å²) < 4.78 is 7.71. The number of fused-ring (bicyclic) bond motifs is 3. The normalized spacial score (nSPS) is 21.9. The quantitative estimate of drug-likeness (QED) is 0.335. The second kappa shape index (κ2) is 13.8. The summed E-state index contributed by atoms with van der Waals surface area (Å²) in [6, 6.07) is 13.6. The van der Waals surface area contributed by atoms with Crippen molar-refractivity contribution in [2.75, 3.05) is 41.3 Å². The number of hydrogen-bond acceptors (Lipinski definition) is 8. The van der Waals surface area contributed by atoms with Crippen molar-refractivity contribution in [2.45, 2.75) is 87.7 Å². The summed E-state index contributed by atoms with van der Waals surface area (Å²) in [4.78, 5) is 62.7. The van der Waals surface area contributed by atoms with E-state index in [1.807, 2.05) is 36.4 Å². The Balaban J connectivity index is 1.36. The minimum atomic E-state index is -1.02. The van der Waals surface area contributed by atoms with Crippen LogP contribution in [-0.4, -0.2) is 95.5 Å². The van der Waals surface area contributed by atoms with Crippen LogP contribution >= 0.6 is 0 Å². The molecule has 2 heterocycles. The summed E-state index contributed by atoms with van der Waals surface area (Å²) >= 11 is 0. The molecule has 1 saturated heterocycles. The molecule has 268 valence electrons. The lowest BCUT2D eigenvalue weighted by atomic mass is 9.68. The number of amides is 3. The molecule has 3 fully saturated rings. The number of aryl methyl sites for hydroxylation is 2. The van der Waals surface area contributed by atoms with Crippen molar-refractivity contribution in [1.82, 2.24) is 29.7 Å². The fourth-order valence-corrected chi connectivity index (χ4v) is 8.88. The molecule has 1 N–H and O–H groups in total. The largest absolute Gasteiger partial charge is 0.459 e. The zero-order valence-electron chi connectivity index (χ0n) is 30.0. The van der Waals surface area contributed by atoms with Crippen LogP contribution in [0.15, 0.2) is 45.7 Å². The number of carbonyl (C=O) groups excluding carboxylic acids is 3. The molecular weight excluding hydrogens is 646 g/mol. The van der Waals surface area contributed by atoms with Crippen molar-refractivity contribution in [3.05, 3.63) is 86.2 Å². The Kier molecular flexibility index (Phi) is 9.35. The SMILES string of the molecule is CN(C)C(=O)c1ccc2c(c1)CCc1cc(C(=O)N(C)C)ccc1C2(CCNCC(=O)N1C(C#N)C[C@@H]2C[C@@H]21)c1nc(=O)on1C1CCCCC1. The molecule has 51 heavy (non-hydrogen) atoms. The number of benzene rings is 2. The maximum Gasteiger partial charge on any atom is 0.459 e. The van der Waals surface area contributed by atoms with Crippen molar-refractivity contribution in [2.24, 2.45) is 5.92 Å². The summed E-state index contributed by atoms with van der Waals surface area (Å²) in [5, 5.41) is 13.1.